The molecule has 0 saturated carbocycles. The van der Waals surface area contributed by atoms with E-state index in [-0.39, 0.29) is 12.7 Å². The zero-order valence-corrected chi connectivity index (χ0v) is 11.5. The molecule has 100 valence electrons. The molecule has 1 heterocycles. The van der Waals surface area contributed by atoms with Crippen LogP contribution in [0.15, 0.2) is 18.2 Å². The Hall–Kier alpha value is -0.900. The molecule has 1 aromatic carbocycles. The summed E-state index contributed by atoms with van der Waals surface area (Å²) in [4.78, 5) is 2.39. The molecule has 0 bridgehead atoms. The predicted octanol–water partition coefficient (Wildman–Crippen LogP) is 1.89. The lowest BCUT2D eigenvalue weighted by Crippen LogP contribution is -2.48. The topological polar surface area (TPSA) is 32.7 Å². The number of hydrogen-bond donors (Lipinski definition) is 1. The second-order valence-corrected chi connectivity index (χ2v) is 5.35. The molecular formula is C15H23NO2. The van der Waals surface area contributed by atoms with Crippen LogP contribution < -0.4 is 0 Å². The van der Waals surface area contributed by atoms with Crippen molar-refractivity contribution < 1.29 is 9.84 Å². The normalized spacial score (nSPS) is 25.3. The molecule has 1 aliphatic heterocycles. The number of hydrogen-bond acceptors (Lipinski definition) is 3. The minimum absolute atomic E-state index is 0.0352. The van der Waals surface area contributed by atoms with Crippen LogP contribution in [0.5, 0.6) is 0 Å². The third-order valence-electron chi connectivity index (χ3n) is 3.71. The summed E-state index contributed by atoms with van der Waals surface area (Å²) in [5, 5.41) is 9.20. The molecule has 1 fully saturated rings. The lowest BCUT2D eigenvalue weighted by atomic mass is 10.0. The van der Waals surface area contributed by atoms with E-state index in [9.17, 15) is 5.11 Å². The van der Waals surface area contributed by atoms with Crippen molar-refractivity contribution in [1.29, 1.82) is 0 Å². The Bertz CT molecular complexity index is 405. The molecule has 1 saturated heterocycles. The van der Waals surface area contributed by atoms with Crippen LogP contribution in [0.3, 0.4) is 0 Å². The molecule has 3 nitrogen and oxygen atoms in total. The van der Waals surface area contributed by atoms with Gasteiger partial charge in [0, 0.05) is 19.1 Å². The van der Waals surface area contributed by atoms with E-state index in [1.54, 1.807) is 0 Å². The number of benzene rings is 1. The smallest absolute Gasteiger partial charge is 0.0933 e. The Labute approximate surface area is 109 Å². The highest BCUT2D eigenvalue weighted by Gasteiger charge is 2.25. The van der Waals surface area contributed by atoms with Crippen molar-refractivity contribution >= 4 is 0 Å². The molecule has 0 spiro atoms. The quantitative estimate of drug-likeness (QED) is 0.888. The van der Waals surface area contributed by atoms with Crippen LogP contribution in [0.25, 0.3) is 0 Å². The van der Waals surface area contributed by atoms with Gasteiger partial charge in [-0.05, 0) is 31.9 Å². The van der Waals surface area contributed by atoms with Crippen molar-refractivity contribution in [2.75, 3.05) is 19.8 Å². The maximum Gasteiger partial charge on any atom is 0.0933 e. The van der Waals surface area contributed by atoms with Gasteiger partial charge in [0.1, 0.15) is 0 Å². The van der Waals surface area contributed by atoms with Crippen molar-refractivity contribution in [3.05, 3.63) is 34.9 Å². The number of ether oxygens (including phenoxy) is 1. The molecule has 1 aliphatic rings. The van der Waals surface area contributed by atoms with Crippen LogP contribution in [0.4, 0.5) is 0 Å². The van der Waals surface area contributed by atoms with Gasteiger partial charge in [-0.25, -0.2) is 0 Å². The molecule has 2 rings (SSSR count). The summed E-state index contributed by atoms with van der Waals surface area (Å²) in [6, 6.07) is 7.01. The summed E-state index contributed by atoms with van der Waals surface area (Å²) in [5.41, 5.74) is 4.01. The summed E-state index contributed by atoms with van der Waals surface area (Å²) in [6.45, 7) is 9.02. The molecule has 18 heavy (non-hydrogen) atoms. The lowest BCUT2D eigenvalue weighted by molar-refractivity contribution is -0.0806. The number of morpholine rings is 1. The van der Waals surface area contributed by atoms with Gasteiger partial charge in [0.15, 0.2) is 0 Å². The molecule has 0 amide bonds. The first kappa shape index (κ1) is 13.5. The Morgan fingerprint density at radius 3 is 2.83 bits per heavy atom. The van der Waals surface area contributed by atoms with Crippen LogP contribution in [0.2, 0.25) is 0 Å². The van der Waals surface area contributed by atoms with Crippen LogP contribution in [0.1, 0.15) is 23.6 Å². The van der Waals surface area contributed by atoms with Crippen LogP contribution in [-0.4, -0.2) is 41.9 Å². The third-order valence-corrected chi connectivity index (χ3v) is 3.71. The summed E-state index contributed by atoms with van der Waals surface area (Å²) in [5.74, 6) is 0. The van der Waals surface area contributed by atoms with Gasteiger partial charge in [-0.1, -0.05) is 23.8 Å². The molecule has 2 atom stereocenters. The Balaban J connectivity index is 2.07. The zero-order chi connectivity index (χ0) is 13.1. The highest BCUT2D eigenvalue weighted by molar-refractivity contribution is 5.30. The monoisotopic (exact) mass is 249 g/mol. The van der Waals surface area contributed by atoms with Gasteiger partial charge in [0.25, 0.3) is 0 Å². The number of aliphatic hydroxyl groups excluding tert-OH is 1. The molecule has 3 heteroatoms. The van der Waals surface area contributed by atoms with E-state index >= 15 is 0 Å². The first-order chi connectivity index (χ1) is 8.60. The number of rotatable bonds is 3. The lowest BCUT2D eigenvalue weighted by Gasteiger charge is -2.37. The Morgan fingerprint density at radius 2 is 2.17 bits per heavy atom. The highest BCUT2D eigenvalue weighted by atomic mass is 16.5. The summed E-state index contributed by atoms with van der Waals surface area (Å²) >= 11 is 0. The van der Waals surface area contributed by atoms with Crippen LogP contribution >= 0.6 is 0 Å². The average molecular weight is 249 g/mol. The predicted molar refractivity (Wildman–Crippen MR) is 72.6 cm³/mol. The second-order valence-electron chi connectivity index (χ2n) is 5.35. The van der Waals surface area contributed by atoms with Gasteiger partial charge in [-0.15, -0.1) is 0 Å². The fourth-order valence-electron chi connectivity index (χ4n) is 2.45. The van der Waals surface area contributed by atoms with Gasteiger partial charge >= 0.3 is 0 Å². The molecule has 1 aromatic rings. The summed E-state index contributed by atoms with van der Waals surface area (Å²) < 4.78 is 5.57. The van der Waals surface area contributed by atoms with Gasteiger partial charge in [-0.2, -0.15) is 0 Å². The summed E-state index contributed by atoms with van der Waals surface area (Å²) in [6.07, 6.45) is -0.0352. The van der Waals surface area contributed by atoms with E-state index in [2.05, 4.69) is 43.9 Å². The van der Waals surface area contributed by atoms with E-state index in [1.807, 2.05) is 0 Å². The van der Waals surface area contributed by atoms with Gasteiger partial charge in [0.2, 0.25) is 0 Å². The van der Waals surface area contributed by atoms with Crippen molar-refractivity contribution in [3.8, 4) is 0 Å². The first-order valence-corrected chi connectivity index (χ1v) is 6.62. The minimum atomic E-state index is -0.0352. The van der Waals surface area contributed by atoms with Crippen LogP contribution in [-0.2, 0) is 11.3 Å². The zero-order valence-electron chi connectivity index (χ0n) is 11.5. The fourth-order valence-corrected chi connectivity index (χ4v) is 2.45. The van der Waals surface area contributed by atoms with Gasteiger partial charge < -0.3 is 9.84 Å². The number of aliphatic hydroxyl groups is 1. The Morgan fingerprint density at radius 1 is 1.39 bits per heavy atom. The molecule has 1 N–H and O–H groups in total. The molecular weight excluding hydrogens is 226 g/mol. The largest absolute Gasteiger partial charge is 0.394 e. The van der Waals surface area contributed by atoms with E-state index in [4.69, 9.17) is 4.74 Å². The first-order valence-electron chi connectivity index (χ1n) is 6.62. The van der Waals surface area contributed by atoms with Crippen molar-refractivity contribution in [2.45, 2.75) is 39.5 Å². The average Bonchev–Trinajstić information content (AvgIpc) is 2.35. The minimum Gasteiger partial charge on any atom is -0.394 e. The maximum absolute atomic E-state index is 9.20. The van der Waals surface area contributed by atoms with E-state index < -0.39 is 0 Å². The second kappa shape index (κ2) is 5.83. The summed E-state index contributed by atoms with van der Waals surface area (Å²) in [7, 11) is 0. The fraction of sp³-hybridized carbons (Fsp3) is 0.600. The standard InChI is InChI=1S/C15H23NO2/c1-11-4-5-14(12(2)6-11)7-16-8-15(9-17)18-10-13(16)3/h4-6,13,15,17H,7-10H2,1-3H3/t13-,15-/m0/s1. The van der Waals surface area contributed by atoms with E-state index in [0.717, 1.165) is 13.1 Å². The van der Waals surface area contributed by atoms with Crippen molar-refractivity contribution in [2.24, 2.45) is 0 Å². The van der Waals surface area contributed by atoms with E-state index in [0.29, 0.717) is 12.6 Å². The van der Waals surface area contributed by atoms with E-state index in [1.165, 1.54) is 16.7 Å². The van der Waals surface area contributed by atoms with Crippen molar-refractivity contribution in [3.63, 3.8) is 0 Å². The van der Waals surface area contributed by atoms with Crippen LogP contribution in [0, 0.1) is 13.8 Å². The Kier molecular flexibility index (Phi) is 4.38. The maximum atomic E-state index is 9.20. The van der Waals surface area contributed by atoms with Gasteiger partial charge in [-0.3, -0.25) is 4.90 Å². The number of nitrogens with zero attached hydrogens (tertiary/aromatic N) is 1. The van der Waals surface area contributed by atoms with Gasteiger partial charge in [0.05, 0.1) is 19.3 Å². The molecule has 0 radical (unpaired) electrons. The number of aryl methyl sites for hydroxylation is 2. The SMILES string of the molecule is Cc1ccc(CN2C[C@@H](CO)OC[C@@H]2C)c(C)c1. The third kappa shape index (κ3) is 3.10. The molecule has 0 aromatic heterocycles. The highest BCUT2D eigenvalue weighted by Crippen LogP contribution is 2.18. The molecule has 0 unspecified atom stereocenters. The van der Waals surface area contributed by atoms with Crippen molar-refractivity contribution in [1.82, 2.24) is 4.90 Å². The molecule has 0 aliphatic carbocycles.